The van der Waals surface area contributed by atoms with Gasteiger partial charge in [0.05, 0.1) is 6.04 Å². The molecule has 80 valence electrons. The van der Waals surface area contributed by atoms with E-state index in [0.717, 1.165) is 25.9 Å². The second-order valence-corrected chi connectivity index (χ2v) is 3.84. The van der Waals surface area contributed by atoms with Crippen molar-refractivity contribution in [1.82, 2.24) is 10.6 Å². The van der Waals surface area contributed by atoms with Crippen LogP contribution >= 0.6 is 0 Å². The van der Waals surface area contributed by atoms with E-state index in [1.807, 2.05) is 18.2 Å². The first-order valence-electron chi connectivity index (χ1n) is 5.41. The molecule has 1 amide bonds. The van der Waals surface area contributed by atoms with Crippen LogP contribution in [-0.2, 0) is 11.2 Å². The van der Waals surface area contributed by atoms with E-state index in [0.29, 0.717) is 0 Å². The van der Waals surface area contributed by atoms with E-state index in [9.17, 15) is 4.79 Å². The number of rotatable bonds is 2. The highest BCUT2D eigenvalue weighted by Gasteiger charge is 2.19. The maximum absolute atomic E-state index is 11.6. The summed E-state index contributed by atoms with van der Waals surface area (Å²) in [5, 5.41) is 6.18. The summed E-state index contributed by atoms with van der Waals surface area (Å²) in [6, 6.07) is 10.0. The van der Waals surface area contributed by atoms with Crippen molar-refractivity contribution in [3.8, 4) is 0 Å². The standard InChI is InChI=1S/C12H16N2O/c15-12-11(13-7-4-8-14-12)9-10-5-2-1-3-6-10/h1-3,5-6,11,13H,4,7-9H2,(H,14,15)/t11-/m1/s1. The van der Waals surface area contributed by atoms with Crippen molar-refractivity contribution in [2.45, 2.75) is 18.9 Å². The monoisotopic (exact) mass is 204 g/mol. The molecule has 2 rings (SSSR count). The van der Waals surface area contributed by atoms with Crippen LogP contribution in [-0.4, -0.2) is 25.0 Å². The fraction of sp³-hybridized carbons (Fsp3) is 0.417. The molecule has 1 aromatic rings. The summed E-state index contributed by atoms with van der Waals surface area (Å²) >= 11 is 0. The van der Waals surface area contributed by atoms with Crippen LogP contribution in [0.4, 0.5) is 0 Å². The van der Waals surface area contributed by atoms with Crippen LogP contribution < -0.4 is 10.6 Å². The molecular formula is C12H16N2O. The summed E-state index contributed by atoms with van der Waals surface area (Å²) in [6.07, 6.45) is 1.78. The Hall–Kier alpha value is -1.35. The Balaban J connectivity index is 2.01. The molecule has 0 radical (unpaired) electrons. The highest BCUT2D eigenvalue weighted by molar-refractivity contribution is 5.82. The Morgan fingerprint density at radius 1 is 1.20 bits per heavy atom. The quantitative estimate of drug-likeness (QED) is 0.745. The number of carbonyl (C=O) groups excluding carboxylic acids is 1. The molecule has 1 aromatic carbocycles. The third-order valence-corrected chi connectivity index (χ3v) is 2.64. The minimum absolute atomic E-state index is 0.0742. The van der Waals surface area contributed by atoms with Gasteiger partial charge in [-0.1, -0.05) is 30.3 Å². The van der Waals surface area contributed by atoms with Crippen LogP contribution in [0.2, 0.25) is 0 Å². The summed E-state index contributed by atoms with van der Waals surface area (Å²) in [5.74, 6) is 0.122. The summed E-state index contributed by atoms with van der Waals surface area (Å²) in [7, 11) is 0. The molecule has 0 aliphatic carbocycles. The van der Waals surface area contributed by atoms with Crippen LogP contribution in [0.5, 0.6) is 0 Å². The van der Waals surface area contributed by atoms with E-state index in [1.165, 1.54) is 5.56 Å². The number of amides is 1. The van der Waals surface area contributed by atoms with Crippen molar-refractivity contribution in [2.24, 2.45) is 0 Å². The number of nitrogens with one attached hydrogen (secondary N) is 2. The molecule has 1 saturated heterocycles. The molecule has 3 heteroatoms. The minimum atomic E-state index is -0.0742. The van der Waals surface area contributed by atoms with Crippen molar-refractivity contribution < 1.29 is 4.79 Å². The number of hydrogen-bond acceptors (Lipinski definition) is 2. The lowest BCUT2D eigenvalue weighted by Gasteiger charge is -2.14. The van der Waals surface area contributed by atoms with Crippen LogP contribution in [0.15, 0.2) is 30.3 Å². The third kappa shape index (κ3) is 2.80. The van der Waals surface area contributed by atoms with Crippen molar-refractivity contribution >= 4 is 5.91 Å². The normalized spacial score (nSPS) is 21.9. The molecular weight excluding hydrogens is 188 g/mol. The average Bonchev–Trinajstić information content (AvgIpc) is 2.46. The third-order valence-electron chi connectivity index (χ3n) is 2.64. The lowest BCUT2D eigenvalue weighted by atomic mass is 10.1. The maximum atomic E-state index is 11.6. The second-order valence-electron chi connectivity index (χ2n) is 3.84. The fourth-order valence-electron chi connectivity index (χ4n) is 1.81. The van der Waals surface area contributed by atoms with Crippen LogP contribution in [0.3, 0.4) is 0 Å². The van der Waals surface area contributed by atoms with Crippen molar-refractivity contribution in [1.29, 1.82) is 0 Å². The van der Waals surface area contributed by atoms with E-state index in [4.69, 9.17) is 0 Å². The Bertz CT molecular complexity index is 324. The van der Waals surface area contributed by atoms with Gasteiger partial charge in [-0.05, 0) is 24.9 Å². The van der Waals surface area contributed by atoms with Gasteiger partial charge in [0.25, 0.3) is 0 Å². The van der Waals surface area contributed by atoms with Crippen LogP contribution in [0.1, 0.15) is 12.0 Å². The molecule has 0 bridgehead atoms. The molecule has 15 heavy (non-hydrogen) atoms. The van der Waals surface area contributed by atoms with E-state index in [1.54, 1.807) is 0 Å². The van der Waals surface area contributed by atoms with Gasteiger partial charge in [-0.25, -0.2) is 0 Å². The number of carbonyl (C=O) groups is 1. The Morgan fingerprint density at radius 2 is 2.00 bits per heavy atom. The summed E-state index contributed by atoms with van der Waals surface area (Å²) < 4.78 is 0. The van der Waals surface area contributed by atoms with Gasteiger partial charge >= 0.3 is 0 Å². The minimum Gasteiger partial charge on any atom is -0.355 e. The van der Waals surface area contributed by atoms with Crippen molar-refractivity contribution in [2.75, 3.05) is 13.1 Å². The van der Waals surface area contributed by atoms with Gasteiger partial charge < -0.3 is 10.6 Å². The van der Waals surface area contributed by atoms with E-state index >= 15 is 0 Å². The maximum Gasteiger partial charge on any atom is 0.237 e. The molecule has 2 N–H and O–H groups in total. The average molecular weight is 204 g/mol. The number of benzene rings is 1. The molecule has 1 atom stereocenters. The van der Waals surface area contributed by atoms with Gasteiger partial charge in [0, 0.05) is 6.54 Å². The van der Waals surface area contributed by atoms with Crippen molar-refractivity contribution in [3.05, 3.63) is 35.9 Å². The fourth-order valence-corrected chi connectivity index (χ4v) is 1.81. The zero-order valence-electron chi connectivity index (χ0n) is 8.70. The molecule has 0 saturated carbocycles. The van der Waals surface area contributed by atoms with E-state index in [-0.39, 0.29) is 11.9 Å². The van der Waals surface area contributed by atoms with Gasteiger partial charge in [0.1, 0.15) is 0 Å². The molecule has 0 spiro atoms. The van der Waals surface area contributed by atoms with Crippen LogP contribution in [0.25, 0.3) is 0 Å². The molecule has 0 unspecified atom stereocenters. The van der Waals surface area contributed by atoms with Crippen LogP contribution in [0, 0.1) is 0 Å². The molecule has 1 aliphatic rings. The molecule has 1 aliphatic heterocycles. The van der Waals surface area contributed by atoms with Gasteiger partial charge in [0.15, 0.2) is 0 Å². The first kappa shape index (κ1) is 10.2. The lowest BCUT2D eigenvalue weighted by Crippen LogP contribution is -2.42. The largest absolute Gasteiger partial charge is 0.355 e. The second kappa shape index (κ2) is 4.94. The van der Waals surface area contributed by atoms with Gasteiger partial charge in [-0.15, -0.1) is 0 Å². The first-order valence-corrected chi connectivity index (χ1v) is 5.41. The SMILES string of the molecule is O=C1NCCCN[C@@H]1Cc1ccccc1. The van der Waals surface area contributed by atoms with E-state index in [2.05, 4.69) is 22.8 Å². The lowest BCUT2D eigenvalue weighted by molar-refractivity contribution is -0.122. The Kier molecular flexibility index (Phi) is 3.35. The molecule has 1 fully saturated rings. The molecule has 1 heterocycles. The smallest absolute Gasteiger partial charge is 0.237 e. The predicted molar refractivity (Wildman–Crippen MR) is 59.6 cm³/mol. The Morgan fingerprint density at radius 3 is 2.80 bits per heavy atom. The summed E-state index contributed by atoms with van der Waals surface area (Å²) in [4.78, 5) is 11.6. The van der Waals surface area contributed by atoms with Gasteiger partial charge in [0.2, 0.25) is 5.91 Å². The highest BCUT2D eigenvalue weighted by Crippen LogP contribution is 2.04. The Labute approximate surface area is 89.9 Å². The first-order chi connectivity index (χ1) is 7.36. The van der Waals surface area contributed by atoms with E-state index < -0.39 is 0 Å². The zero-order chi connectivity index (χ0) is 10.5. The molecule has 3 nitrogen and oxygen atoms in total. The summed E-state index contributed by atoms with van der Waals surface area (Å²) in [5.41, 5.74) is 1.20. The van der Waals surface area contributed by atoms with Gasteiger partial charge in [-0.2, -0.15) is 0 Å². The zero-order valence-corrected chi connectivity index (χ0v) is 8.70. The predicted octanol–water partition coefficient (Wildman–Crippen LogP) is 0.707. The van der Waals surface area contributed by atoms with Crippen molar-refractivity contribution in [3.63, 3.8) is 0 Å². The van der Waals surface area contributed by atoms with Gasteiger partial charge in [-0.3, -0.25) is 4.79 Å². The highest BCUT2D eigenvalue weighted by atomic mass is 16.2. The topological polar surface area (TPSA) is 41.1 Å². The molecule has 0 aromatic heterocycles. The summed E-state index contributed by atoms with van der Waals surface area (Å²) in [6.45, 7) is 1.70. The number of hydrogen-bond donors (Lipinski definition) is 2.